The van der Waals surface area contributed by atoms with Crippen molar-refractivity contribution in [2.75, 3.05) is 26.2 Å². The second-order valence-electron chi connectivity index (χ2n) is 5.90. The SMILES string of the molecule is Cc1ccncc1CNCC(C)CN1CCCCC1. The molecule has 1 aliphatic heterocycles. The number of aromatic nitrogens is 1. The van der Waals surface area contributed by atoms with E-state index in [0.717, 1.165) is 19.0 Å². The predicted molar refractivity (Wildman–Crippen MR) is 80.1 cm³/mol. The second kappa shape index (κ2) is 7.61. The standard InChI is InChI=1S/C16H27N3/c1-14(13-19-8-4-3-5-9-19)10-18-12-16-11-17-7-6-15(16)2/h6-7,11,14,18H,3-5,8-10,12-13H2,1-2H3. The molecular weight excluding hydrogens is 234 g/mol. The average molecular weight is 261 g/mol. The van der Waals surface area contributed by atoms with Crippen molar-refractivity contribution in [3.05, 3.63) is 29.6 Å². The Bertz CT molecular complexity index is 372. The van der Waals surface area contributed by atoms with E-state index in [-0.39, 0.29) is 0 Å². The van der Waals surface area contributed by atoms with Gasteiger partial charge in [0.15, 0.2) is 0 Å². The summed E-state index contributed by atoms with van der Waals surface area (Å²) in [6.45, 7) is 10.3. The number of aryl methyl sites for hydroxylation is 1. The molecule has 3 heteroatoms. The van der Waals surface area contributed by atoms with Gasteiger partial charge in [-0.25, -0.2) is 0 Å². The van der Waals surface area contributed by atoms with Gasteiger partial charge in [0.25, 0.3) is 0 Å². The van der Waals surface area contributed by atoms with E-state index in [1.54, 1.807) is 0 Å². The summed E-state index contributed by atoms with van der Waals surface area (Å²) in [5.41, 5.74) is 2.64. The molecule has 1 unspecified atom stereocenters. The van der Waals surface area contributed by atoms with Crippen LogP contribution in [0.3, 0.4) is 0 Å². The van der Waals surface area contributed by atoms with Crippen molar-refractivity contribution in [2.24, 2.45) is 5.92 Å². The Morgan fingerprint density at radius 3 is 2.84 bits per heavy atom. The normalized spacial score (nSPS) is 18.4. The summed E-state index contributed by atoms with van der Waals surface area (Å²) in [6.07, 6.45) is 8.02. The van der Waals surface area contributed by atoms with Gasteiger partial charge in [-0.1, -0.05) is 13.3 Å². The number of likely N-dealkylation sites (tertiary alicyclic amines) is 1. The molecule has 1 aromatic heterocycles. The van der Waals surface area contributed by atoms with Crippen LogP contribution in [0.1, 0.15) is 37.3 Å². The molecular formula is C16H27N3. The molecule has 0 amide bonds. The van der Waals surface area contributed by atoms with E-state index in [1.165, 1.54) is 50.0 Å². The quantitative estimate of drug-likeness (QED) is 0.853. The largest absolute Gasteiger partial charge is 0.312 e. The van der Waals surface area contributed by atoms with Crippen LogP contribution >= 0.6 is 0 Å². The van der Waals surface area contributed by atoms with E-state index in [1.807, 2.05) is 12.4 Å². The zero-order valence-corrected chi connectivity index (χ0v) is 12.4. The fourth-order valence-electron chi connectivity index (χ4n) is 2.78. The number of hydrogen-bond acceptors (Lipinski definition) is 3. The highest BCUT2D eigenvalue weighted by molar-refractivity contribution is 5.20. The molecule has 1 N–H and O–H groups in total. The molecule has 0 spiro atoms. The zero-order chi connectivity index (χ0) is 13.5. The molecule has 19 heavy (non-hydrogen) atoms. The van der Waals surface area contributed by atoms with Crippen molar-refractivity contribution in [1.82, 2.24) is 15.2 Å². The van der Waals surface area contributed by atoms with E-state index in [2.05, 4.69) is 35.1 Å². The first-order valence-corrected chi connectivity index (χ1v) is 7.58. The molecule has 3 nitrogen and oxygen atoms in total. The number of hydrogen-bond donors (Lipinski definition) is 1. The van der Waals surface area contributed by atoms with Crippen molar-refractivity contribution in [1.29, 1.82) is 0 Å². The maximum Gasteiger partial charge on any atom is 0.0315 e. The van der Waals surface area contributed by atoms with E-state index < -0.39 is 0 Å². The summed E-state index contributed by atoms with van der Waals surface area (Å²) in [6, 6.07) is 2.08. The van der Waals surface area contributed by atoms with Gasteiger partial charge in [-0.3, -0.25) is 4.98 Å². The van der Waals surface area contributed by atoms with Gasteiger partial charge in [-0.2, -0.15) is 0 Å². The maximum absolute atomic E-state index is 4.19. The number of rotatable bonds is 6. The highest BCUT2D eigenvalue weighted by atomic mass is 15.1. The van der Waals surface area contributed by atoms with Gasteiger partial charge in [0.05, 0.1) is 0 Å². The number of nitrogens with zero attached hydrogens (tertiary/aromatic N) is 2. The summed E-state index contributed by atoms with van der Waals surface area (Å²) >= 11 is 0. The van der Waals surface area contributed by atoms with Crippen molar-refractivity contribution < 1.29 is 0 Å². The lowest BCUT2D eigenvalue weighted by Crippen LogP contribution is -2.36. The second-order valence-corrected chi connectivity index (χ2v) is 5.90. The van der Waals surface area contributed by atoms with Crippen LogP contribution in [-0.4, -0.2) is 36.1 Å². The topological polar surface area (TPSA) is 28.2 Å². The minimum absolute atomic E-state index is 0.718. The summed E-state index contributed by atoms with van der Waals surface area (Å²) < 4.78 is 0. The first-order valence-electron chi connectivity index (χ1n) is 7.58. The van der Waals surface area contributed by atoms with E-state index in [4.69, 9.17) is 0 Å². The lowest BCUT2D eigenvalue weighted by Gasteiger charge is -2.29. The van der Waals surface area contributed by atoms with Crippen LogP contribution < -0.4 is 5.32 Å². The minimum atomic E-state index is 0.718. The molecule has 0 aromatic carbocycles. The van der Waals surface area contributed by atoms with Crippen LogP contribution in [-0.2, 0) is 6.54 Å². The van der Waals surface area contributed by atoms with Crippen molar-refractivity contribution >= 4 is 0 Å². The highest BCUT2D eigenvalue weighted by Crippen LogP contribution is 2.11. The molecule has 2 rings (SSSR count). The van der Waals surface area contributed by atoms with Crippen LogP contribution in [0.5, 0.6) is 0 Å². The molecule has 1 aromatic rings. The van der Waals surface area contributed by atoms with E-state index in [0.29, 0.717) is 0 Å². The van der Waals surface area contributed by atoms with E-state index >= 15 is 0 Å². The number of pyridine rings is 1. The lowest BCUT2D eigenvalue weighted by atomic mass is 10.1. The van der Waals surface area contributed by atoms with Crippen LogP contribution in [0, 0.1) is 12.8 Å². The Labute approximate surface area is 117 Å². The summed E-state index contributed by atoms with van der Waals surface area (Å²) in [7, 11) is 0. The van der Waals surface area contributed by atoms with Crippen LogP contribution in [0.2, 0.25) is 0 Å². The zero-order valence-electron chi connectivity index (χ0n) is 12.4. The first-order chi connectivity index (χ1) is 9.25. The smallest absolute Gasteiger partial charge is 0.0315 e. The molecule has 106 valence electrons. The molecule has 0 saturated carbocycles. The average Bonchev–Trinajstić information content (AvgIpc) is 2.42. The molecule has 0 radical (unpaired) electrons. The van der Waals surface area contributed by atoms with Gasteiger partial charge in [0.2, 0.25) is 0 Å². The highest BCUT2D eigenvalue weighted by Gasteiger charge is 2.13. The van der Waals surface area contributed by atoms with Gasteiger partial charge in [-0.15, -0.1) is 0 Å². The van der Waals surface area contributed by atoms with Gasteiger partial charge in [-0.05, 0) is 62.5 Å². The molecule has 1 saturated heterocycles. The van der Waals surface area contributed by atoms with Gasteiger partial charge >= 0.3 is 0 Å². The Morgan fingerprint density at radius 1 is 1.32 bits per heavy atom. The molecule has 0 bridgehead atoms. The molecule has 1 fully saturated rings. The van der Waals surface area contributed by atoms with E-state index in [9.17, 15) is 0 Å². The third-order valence-corrected chi connectivity index (χ3v) is 3.97. The Kier molecular flexibility index (Phi) is 5.80. The number of piperidine rings is 1. The van der Waals surface area contributed by atoms with Gasteiger partial charge < -0.3 is 10.2 Å². The lowest BCUT2D eigenvalue weighted by molar-refractivity contribution is 0.199. The third-order valence-electron chi connectivity index (χ3n) is 3.97. The van der Waals surface area contributed by atoms with Gasteiger partial charge in [0.1, 0.15) is 0 Å². The Hall–Kier alpha value is -0.930. The Balaban J connectivity index is 1.66. The first kappa shape index (κ1) is 14.5. The summed E-state index contributed by atoms with van der Waals surface area (Å²) in [5.74, 6) is 0.718. The van der Waals surface area contributed by atoms with Crippen LogP contribution in [0.4, 0.5) is 0 Å². The van der Waals surface area contributed by atoms with Crippen LogP contribution in [0.15, 0.2) is 18.5 Å². The van der Waals surface area contributed by atoms with Crippen molar-refractivity contribution in [3.63, 3.8) is 0 Å². The summed E-state index contributed by atoms with van der Waals surface area (Å²) in [4.78, 5) is 6.80. The summed E-state index contributed by atoms with van der Waals surface area (Å²) in [5, 5.41) is 3.57. The Morgan fingerprint density at radius 2 is 2.11 bits per heavy atom. The molecule has 1 atom stereocenters. The van der Waals surface area contributed by atoms with Crippen molar-refractivity contribution in [2.45, 2.75) is 39.7 Å². The third kappa shape index (κ3) is 4.92. The minimum Gasteiger partial charge on any atom is -0.312 e. The molecule has 1 aliphatic rings. The monoisotopic (exact) mass is 261 g/mol. The molecule has 0 aliphatic carbocycles. The van der Waals surface area contributed by atoms with Crippen molar-refractivity contribution in [3.8, 4) is 0 Å². The maximum atomic E-state index is 4.19. The fraction of sp³-hybridized carbons (Fsp3) is 0.688. The fourth-order valence-corrected chi connectivity index (χ4v) is 2.78. The van der Waals surface area contributed by atoms with Gasteiger partial charge in [0, 0.05) is 25.5 Å². The number of nitrogens with one attached hydrogen (secondary N) is 1. The molecule has 2 heterocycles. The predicted octanol–water partition coefficient (Wildman–Crippen LogP) is 2.60. The van der Waals surface area contributed by atoms with Crippen LogP contribution in [0.25, 0.3) is 0 Å².